The SMILES string of the molecule is C=C/C(BOC(C)(C)C(C)(C)S)=C(F)\C=C\C1=CCN(C)CC1. The molecule has 0 spiro atoms. The molecule has 1 aliphatic heterocycles. The third kappa shape index (κ3) is 6.32. The molecule has 0 atom stereocenters. The highest BCUT2D eigenvalue weighted by Crippen LogP contribution is 2.31. The Hall–Kier alpha value is -0.775. The summed E-state index contributed by atoms with van der Waals surface area (Å²) >= 11 is 4.55. The Morgan fingerprint density at radius 3 is 2.57 bits per heavy atom. The Labute approximate surface area is 146 Å². The van der Waals surface area contributed by atoms with Crippen LogP contribution in [-0.4, -0.2) is 42.9 Å². The largest absolute Gasteiger partial charge is 0.428 e. The third-order valence-corrected chi connectivity index (χ3v) is 5.04. The maximum absolute atomic E-state index is 14.4. The maximum atomic E-state index is 14.4. The van der Waals surface area contributed by atoms with Gasteiger partial charge in [-0.1, -0.05) is 24.8 Å². The van der Waals surface area contributed by atoms with Gasteiger partial charge in [0, 0.05) is 17.8 Å². The molecule has 0 aliphatic carbocycles. The minimum atomic E-state index is -0.481. The first-order valence-electron chi connectivity index (χ1n) is 8.00. The van der Waals surface area contributed by atoms with Crippen molar-refractivity contribution < 1.29 is 9.04 Å². The maximum Gasteiger partial charge on any atom is 0.312 e. The fourth-order valence-electron chi connectivity index (χ4n) is 1.89. The first-order valence-corrected chi connectivity index (χ1v) is 8.44. The predicted molar refractivity (Wildman–Crippen MR) is 103 cm³/mol. The lowest BCUT2D eigenvalue weighted by Crippen LogP contribution is -2.44. The summed E-state index contributed by atoms with van der Waals surface area (Å²) in [5.74, 6) is -0.299. The van der Waals surface area contributed by atoms with Crippen molar-refractivity contribution in [1.82, 2.24) is 4.90 Å². The van der Waals surface area contributed by atoms with E-state index in [4.69, 9.17) is 4.65 Å². The smallest absolute Gasteiger partial charge is 0.312 e. The third-order valence-electron chi connectivity index (χ3n) is 4.51. The van der Waals surface area contributed by atoms with Gasteiger partial charge in [0.2, 0.25) is 0 Å². The van der Waals surface area contributed by atoms with Crippen LogP contribution in [0.15, 0.2) is 47.8 Å². The number of rotatable bonds is 7. The van der Waals surface area contributed by atoms with E-state index in [0.717, 1.165) is 19.5 Å². The van der Waals surface area contributed by atoms with Crippen LogP contribution < -0.4 is 0 Å². The number of likely N-dealkylation sites (N-methyl/N-ethyl adjacent to an activating group) is 1. The second-order valence-electron chi connectivity index (χ2n) is 7.06. The molecule has 1 rings (SSSR count). The average Bonchev–Trinajstić information content (AvgIpc) is 2.46. The van der Waals surface area contributed by atoms with E-state index in [-0.39, 0.29) is 18.1 Å². The number of nitrogens with zero attached hydrogens (tertiary/aromatic N) is 1. The lowest BCUT2D eigenvalue weighted by Gasteiger charge is -2.38. The summed E-state index contributed by atoms with van der Waals surface area (Å²) in [4.78, 5) is 2.23. The minimum Gasteiger partial charge on any atom is -0.428 e. The van der Waals surface area contributed by atoms with Gasteiger partial charge in [-0.15, -0.1) is 0 Å². The van der Waals surface area contributed by atoms with Gasteiger partial charge in [0.1, 0.15) is 5.83 Å². The fraction of sp³-hybridized carbons (Fsp3) is 0.556. The van der Waals surface area contributed by atoms with Gasteiger partial charge in [-0.3, -0.25) is 0 Å². The zero-order chi connectivity index (χ0) is 17.7. The Kier molecular flexibility index (Phi) is 7.37. The van der Waals surface area contributed by atoms with Crippen LogP contribution in [0.3, 0.4) is 0 Å². The van der Waals surface area contributed by atoms with Crippen LogP contribution in [0.1, 0.15) is 34.1 Å². The Balaban J connectivity index is 2.74. The van der Waals surface area contributed by atoms with Gasteiger partial charge in [0.15, 0.2) is 0 Å². The van der Waals surface area contributed by atoms with Crippen LogP contribution in [0.4, 0.5) is 4.39 Å². The fourth-order valence-corrected chi connectivity index (χ4v) is 1.95. The zero-order valence-electron chi connectivity index (χ0n) is 15.0. The van der Waals surface area contributed by atoms with Crippen LogP contribution in [0.5, 0.6) is 0 Å². The second-order valence-corrected chi connectivity index (χ2v) is 8.18. The summed E-state index contributed by atoms with van der Waals surface area (Å²) in [6.07, 6.45) is 7.95. The van der Waals surface area contributed by atoms with Crippen molar-refractivity contribution >= 4 is 20.1 Å². The van der Waals surface area contributed by atoms with Gasteiger partial charge >= 0.3 is 7.48 Å². The van der Waals surface area contributed by atoms with Gasteiger partial charge < -0.3 is 9.55 Å². The predicted octanol–water partition coefficient (Wildman–Crippen LogP) is 4.03. The summed E-state index contributed by atoms with van der Waals surface area (Å²) in [6.45, 7) is 13.5. The highest BCUT2D eigenvalue weighted by atomic mass is 32.1. The molecule has 0 fully saturated rings. The lowest BCUT2D eigenvalue weighted by atomic mass is 9.82. The summed E-state index contributed by atoms with van der Waals surface area (Å²) in [5.41, 5.74) is 1.14. The van der Waals surface area contributed by atoms with Crippen molar-refractivity contribution in [1.29, 1.82) is 0 Å². The van der Waals surface area contributed by atoms with Gasteiger partial charge in [-0.05, 0) is 58.3 Å². The highest BCUT2D eigenvalue weighted by molar-refractivity contribution is 7.81. The summed E-state index contributed by atoms with van der Waals surface area (Å²) in [7, 11) is 2.26. The van der Waals surface area contributed by atoms with Crippen molar-refractivity contribution in [2.75, 3.05) is 20.1 Å². The molecule has 0 aromatic heterocycles. The van der Waals surface area contributed by atoms with E-state index in [0.29, 0.717) is 5.47 Å². The van der Waals surface area contributed by atoms with Crippen LogP contribution in [0, 0.1) is 0 Å². The first kappa shape index (κ1) is 20.3. The van der Waals surface area contributed by atoms with E-state index in [2.05, 4.69) is 37.2 Å². The van der Waals surface area contributed by atoms with Crippen molar-refractivity contribution in [2.24, 2.45) is 0 Å². The number of halogens is 1. The molecule has 0 unspecified atom stereocenters. The molecular weight excluding hydrogens is 308 g/mol. The number of hydrogen-bond acceptors (Lipinski definition) is 3. The standard InChI is InChI=1S/C18H29BFNOS/c1-7-15(19-22-17(2,3)18(4,5)23)16(20)9-8-14-10-12-21(6)13-11-14/h7-10,19,23H,1,11-13H2,2-6H3/b9-8+,16-15-. The second kappa shape index (κ2) is 8.36. The molecule has 0 radical (unpaired) electrons. The molecule has 0 bridgehead atoms. The van der Waals surface area contributed by atoms with Gasteiger partial charge in [-0.25, -0.2) is 4.39 Å². The van der Waals surface area contributed by atoms with Crippen LogP contribution in [-0.2, 0) is 4.65 Å². The Bertz CT molecular complexity index is 518. The van der Waals surface area contributed by atoms with Gasteiger partial charge in [0.05, 0.1) is 5.60 Å². The molecule has 0 amide bonds. The van der Waals surface area contributed by atoms with Crippen molar-refractivity contribution in [2.45, 2.75) is 44.5 Å². The topological polar surface area (TPSA) is 12.5 Å². The highest BCUT2D eigenvalue weighted by Gasteiger charge is 2.34. The summed E-state index contributed by atoms with van der Waals surface area (Å²) < 4.78 is 19.9. The summed E-state index contributed by atoms with van der Waals surface area (Å²) in [5, 5.41) is 0. The molecule has 5 heteroatoms. The molecule has 23 heavy (non-hydrogen) atoms. The van der Waals surface area contributed by atoms with Gasteiger partial charge in [-0.2, -0.15) is 12.6 Å². The molecule has 1 heterocycles. The monoisotopic (exact) mass is 337 g/mol. The Morgan fingerprint density at radius 1 is 1.43 bits per heavy atom. The quantitative estimate of drug-likeness (QED) is 0.428. The Morgan fingerprint density at radius 2 is 2.09 bits per heavy atom. The molecule has 0 saturated carbocycles. The van der Waals surface area contributed by atoms with E-state index in [1.807, 2.05) is 33.8 Å². The molecule has 1 aliphatic rings. The van der Waals surface area contributed by atoms with Crippen LogP contribution in [0.25, 0.3) is 0 Å². The molecule has 0 N–H and O–H groups in total. The molecule has 0 aromatic carbocycles. The number of allylic oxidation sites excluding steroid dienone is 5. The first-order chi connectivity index (χ1) is 10.6. The molecule has 128 valence electrons. The average molecular weight is 337 g/mol. The van der Waals surface area contributed by atoms with Crippen LogP contribution in [0.2, 0.25) is 0 Å². The number of hydrogen-bond donors (Lipinski definition) is 1. The van der Waals surface area contributed by atoms with E-state index in [1.54, 1.807) is 0 Å². The molecule has 0 saturated heterocycles. The zero-order valence-corrected chi connectivity index (χ0v) is 15.9. The molecular formula is C18H29BFNOS. The van der Waals surface area contributed by atoms with Crippen molar-refractivity contribution in [3.8, 4) is 0 Å². The van der Waals surface area contributed by atoms with Crippen molar-refractivity contribution in [3.05, 3.63) is 47.8 Å². The molecule has 0 aromatic rings. The van der Waals surface area contributed by atoms with E-state index >= 15 is 0 Å². The summed E-state index contributed by atoms with van der Waals surface area (Å²) in [6, 6.07) is 0. The minimum absolute atomic E-state index is 0.179. The van der Waals surface area contributed by atoms with Crippen LogP contribution >= 0.6 is 12.6 Å². The van der Waals surface area contributed by atoms with E-state index in [1.165, 1.54) is 17.7 Å². The van der Waals surface area contributed by atoms with E-state index < -0.39 is 5.60 Å². The normalized spacial score (nSPS) is 18.7. The lowest BCUT2D eigenvalue weighted by molar-refractivity contribution is 0.0845. The number of thiol groups is 1. The van der Waals surface area contributed by atoms with Gasteiger partial charge in [0.25, 0.3) is 0 Å². The molecule has 2 nitrogen and oxygen atoms in total. The van der Waals surface area contributed by atoms with Crippen molar-refractivity contribution in [3.63, 3.8) is 0 Å². The van der Waals surface area contributed by atoms with E-state index in [9.17, 15) is 4.39 Å².